The number of benzene rings is 1. The van der Waals surface area contributed by atoms with Crippen molar-refractivity contribution >= 4 is 34.4 Å². The van der Waals surface area contributed by atoms with Gasteiger partial charge in [0, 0.05) is 28.1 Å². The maximum absolute atomic E-state index is 11.8. The van der Waals surface area contributed by atoms with Crippen LogP contribution in [0, 0.1) is 3.57 Å². The van der Waals surface area contributed by atoms with Gasteiger partial charge in [-0.1, -0.05) is 6.92 Å². The summed E-state index contributed by atoms with van der Waals surface area (Å²) in [5.74, 6) is -0.176. The van der Waals surface area contributed by atoms with Crippen LogP contribution in [-0.2, 0) is 4.79 Å². The lowest BCUT2D eigenvalue weighted by molar-refractivity contribution is -0.121. The first-order chi connectivity index (χ1) is 9.02. The zero-order chi connectivity index (χ0) is 14.3. The van der Waals surface area contributed by atoms with Gasteiger partial charge in [0.05, 0.1) is 0 Å². The van der Waals surface area contributed by atoms with E-state index in [1.165, 1.54) is 0 Å². The third kappa shape index (κ3) is 6.04. The molecule has 1 aromatic rings. The van der Waals surface area contributed by atoms with Crippen molar-refractivity contribution in [3.05, 3.63) is 33.4 Å². The monoisotopic (exact) mass is 374 g/mol. The molecule has 0 aliphatic carbocycles. The van der Waals surface area contributed by atoms with Crippen LogP contribution in [0.2, 0.25) is 0 Å². The van der Waals surface area contributed by atoms with Gasteiger partial charge >= 0.3 is 0 Å². The topological polar surface area (TPSA) is 58.2 Å². The van der Waals surface area contributed by atoms with Crippen molar-refractivity contribution in [3.8, 4) is 0 Å². The Hall–Kier alpha value is -1.11. The van der Waals surface area contributed by atoms with Gasteiger partial charge in [0.2, 0.25) is 5.91 Å². The summed E-state index contributed by atoms with van der Waals surface area (Å²) >= 11 is 2.19. The summed E-state index contributed by atoms with van der Waals surface area (Å²) in [7, 11) is 0. The Balaban J connectivity index is 2.31. The molecule has 2 amide bonds. The summed E-state index contributed by atoms with van der Waals surface area (Å²) in [5, 5.41) is 5.60. The van der Waals surface area contributed by atoms with E-state index in [0.717, 1.165) is 9.99 Å². The zero-order valence-corrected chi connectivity index (χ0v) is 13.4. The summed E-state index contributed by atoms with van der Waals surface area (Å²) in [6, 6.07) is 7.49. The van der Waals surface area contributed by atoms with Crippen LogP contribution in [0.1, 0.15) is 37.0 Å². The molecule has 2 N–H and O–H groups in total. The van der Waals surface area contributed by atoms with Gasteiger partial charge in [-0.3, -0.25) is 9.59 Å². The molecule has 0 aliphatic rings. The van der Waals surface area contributed by atoms with Crippen LogP contribution in [0.4, 0.5) is 0 Å². The Morgan fingerprint density at radius 3 is 2.47 bits per heavy atom. The number of nitrogens with one attached hydrogen (secondary N) is 2. The first-order valence-electron chi connectivity index (χ1n) is 6.36. The molecule has 1 unspecified atom stereocenters. The fourth-order valence-corrected chi connectivity index (χ4v) is 1.80. The van der Waals surface area contributed by atoms with Gasteiger partial charge < -0.3 is 10.6 Å². The average Bonchev–Trinajstić information content (AvgIpc) is 2.39. The van der Waals surface area contributed by atoms with Crippen molar-refractivity contribution in [2.45, 2.75) is 32.7 Å². The number of hydrogen-bond donors (Lipinski definition) is 2. The lowest BCUT2D eigenvalue weighted by atomic mass is 10.2. The largest absolute Gasteiger partial charge is 0.354 e. The van der Waals surface area contributed by atoms with Gasteiger partial charge in [-0.15, -0.1) is 0 Å². The Labute approximate surface area is 127 Å². The summed E-state index contributed by atoms with van der Waals surface area (Å²) in [4.78, 5) is 23.3. The predicted octanol–water partition coefficient (Wildman–Crippen LogP) is 2.33. The predicted molar refractivity (Wildman–Crippen MR) is 84.0 cm³/mol. The summed E-state index contributed by atoms with van der Waals surface area (Å²) < 4.78 is 1.09. The maximum Gasteiger partial charge on any atom is 0.251 e. The fourth-order valence-electron chi connectivity index (χ4n) is 1.44. The van der Waals surface area contributed by atoms with E-state index in [0.29, 0.717) is 18.5 Å². The van der Waals surface area contributed by atoms with Crippen LogP contribution in [0.25, 0.3) is 0 Å². The molecule has 0 fully saturated rings. The molecule has 1 rings (SSSR count). The Bertz CT molecular complexity index is 432. The van der Waals surface area contributed by atoms with Crippen LogP contribution in [0.15, 0.2) is 24.3 Å². The zero-order valence-electron chi connectivity index (χ0n) is 11.2. The lowest BCUT2D eigenvalue weighted by Gasteiger charge is -2.11. The normalized spacial score (nSPS) is 11.7. The molecule has 4 nitrogen and oxygen atoms in total. The quantitative estimate of drug-likeness (QED) is 0.751. The van der Waals surface area contributed by atoms with E-state index >= 15 is 0 Å². The highest BCUT2D eigenvalue weighted by Gasteiger charge is 2.07. The van der Waals surface area contributed by atoms with Crippen LogP contribution in [0.5, 0.6) is 0 Å². The third-order valence-electron chi connectivity index (χ3n) is 2.76. The molecule has 1 atom stereocenters. The molecule has 0 saturated heterocycles. The van der Waals surface area contributed by atoms with Crippen LogP contribution in [0.3, 0.4) is 0 Å². The maximum atomic E-state index is 11.8. The molecule has 0 heterocycles. The second-order valence-corrected chi connectivity index (χ2v) is 5.64. The van der Waals surface area contributed by atoms with Crippen molar-refractivity contribution in [2.75, 3.05) is 6.54 Å². The number of rotatable bonds is 6. The Kier molecular flexibility index (Phi) is 6.83. The number of halogens is 1. The van der Waals surface area contributed by atoms with Crippen LogP contribution < -0.4 is 10.6 Å². The fraction of sp³-hybridized carbons (Fsp3) is 0.429. The summed E-state index contributed by atoms with van der Waals surface area (Å²) in [6.45, 7) is 4.33. The number of carbonyl (C=O) groups is 2. The molecule has 0 bridgehead atoms. The van der Waals surface area contributed by atoms with Crippen molar-refractivity contribution in [3.63, 3.8) is 0 Å². The van der Waals surface area contributed by atoms with Gasteiger partial charge in [-0.05, 0) is 60.2 Å². The van der Waals surface area contributed by atoms with Gasteiger partial charge in [-0.2, -0.15) is 0 Å². The van der Waals surface area contributed by atoms with E-state index in [1.54, 1.807) is 12.1 Å². The molecule has 104 valence electrons. The molecule has 0 aromatic heterocycles. The molecule has 0 aliphatic heterocycles. The third-order valence-corrected chi connectivity index (χ3v) is 3.48. The van der Waals surface area contributed by atoms with E-state index in [-0.39, 0.29) is 17.9 Å². The number of amides is 2. The van der Waals surface area contributed by atoms with Crippen LogP contribution in [-0.4, -0.2) is 24.4 Å². The van der Waals surface area contributed by atoms with E-state index in [1.807, 2.05) is 26.0 Å². The number of hydrogen-bond acceptors (Lipinski definition) is 2. The minimum atomic E-state index is -0.146. The Morgan fingerprint density at radius 2 is 1.89 bits per heavy atom. The standard InChI is InChI=1S/C14H19IN2O2/c1-3-10(2)17-13(18)8-9-16-14(19)11-4-6-12(15)7-5-11/h4-7,10H,3,8-9H2,1-2H3,(H,16,19)(H,17,18). The Morgan fingerprint density at radius 1 is 1.26 bits per heavy atom. The van der Waals surface area contributed by atoms with E-state index in [2.05, 4.69) is 33.2 Å². The molecule has 19 heavy (non-hydrogen) atoms. The minimum Gasteiger partial charge on any atom is -0.354 e. The van der Waals surface area contributed by atoms with E-state index in [4.69, 9.17) is 0 Å². The lowest BCUT2D eigenvalue weighted by Crippen LogP contribution is -2.35. The molecule has 1 aromatic carbocycles. The highest BCUT2D eigenvalue weighted by molar-refractivity contribution is 14.1. The summed E-state index contributed by atoms with van der Waals surface area (Å²) in [5.41, 5.74) is 0.614. The van der Waals surface area contributed by atoms with Crippen molar-refractivity contribution < 1.29 is 9.59 Å². The first kappa shape index (κ1) is 15.9. The molecule has 5 heteroatoms. The molecule has 0 spiro atoms. The van der Waals surface area contributed by atoms with E-state index < -0.39 is 0 Å². The number of carbonyl (C=O) groups excluding carboxylic acids is 2. The van der Waals surface area contributed by atoms with Crippen LogP contribution >= 0.6 is 22.6 Å². The highest BCUT2D eigenvalue weighted by Crippen LogP contribution is 2.06. The second kappa shape index (κ2) is 8.14. The van der Waals surface area contributed by atoms with Gasteiger partial charge in [0.1, 0.15) is 0 Å². The first-order valence-corrected chi connectivity index (χ1v) is 7.44. The molecular formula is C14H19IN2O2. The molecular weight excluding hydrogens is 355 g/mol. The summed E-state index contributed by atoms with van der Waals surface area (Å²) in [6.07, 6.45) is 1.21. The van der Waals surface area contributed by atoms with Crippen molar-refractivity contribution in [1.82, 2.24) is 10.6 Å². The average molecular weight is 374 g/mol. The molecule has 0 radical (unpaired) electrons. The highest BCUT2D eigenvalue weighted by atomic mass is 127. The van der Waals surface area contributed by atoms with Gasteiger partial charge in [-0.25, -0.2) is 0 Å². The smallest absolute Gasteiger partial charge is 0.251 e. The SMILES string of the molecule is CCC(C)NC(=O)CCNC(=O)c1ccc(I)cc1. The van der Waals surface area contributed by atoms with Crippen molar-refractivity contribution in [2.24, 2.45) is 0 Å². The molecule has 0 saturated carbocycles. The minimum absolute atomic E-state index is 0.0303. The van der Waals surface area contributed by atoms with Gasteiger partial charge in [0.25, 0.3) is 5.91 Å². The second-order valence-electron chi connectivity index (χ2n) is 4.39. The van der Waals surface area contributed by atoms with Crippen molar-refractivity contribution in [1.29, 1.82) is 0 Å². The van der Waals surface area contributed by atoms with E-state index in [9.17, 15) is 9.59 Å². The van der Waals surface area contributed by atoms with Gasteiger partial charge in [0.15, 0.2) is 0 Å².